The van der Waals surface area contributed by atoms with E-state index in [4.69, 9.17) is 10.2 Å². The molecule has 0 aliphatic heterocycles. The van der Waals surface area contributed by atoms with Crippen LogP contribution in [0.4, 0.5) is 0 Å². The maximum Gasteiger partial charge on any atom is 0.191 e. The lowest BCUT2D eigenvalue weighted by Crippen LogP contribution is -2.36. The van der Waals surface area contributed by atoms with E-state index in [2.05, 4.69) is 26.5 Å². The van der Waals surface area contributed by atoms with Gasteiger partial charge >= 0.3 is 0 Å². The monoisotopic (exact) mass is 278 g/mol. The highest BCUT2D eigenvalue weighted by Crippen LogP contribution is 2.04. The molecule has 1 atom stereocenters. The molecule has 0 aromatic carbocycles. The maximum atomic E-state index is 11.4. The third kappa shape index (κ3) is 12.2. The lowest BCUT2D eigenvalue weighted by molar-refractivity contribution is -0.870. The van der Waals surface area contributed by atoms with Crippen molar-refractivity contribution in [1.82, 2.24) is 5.32 Å². The summed E-state index contributed by atoms with van der Waals surface area (Å²) < 4.78 is 0.876. The summed E-state index contributed by atoms with van der Waals surface area (Å²) in [5.41, 5.74) is 0. The molecule has 0 saturated heterocycles. The molecule has 0 fully saturated rings. The average molecular weight is 278 g/mol. The second kappa shape index (κ2) is 9.61. The Morgan fingerprint density at radius 1 is 1.44 bits per heavy atom. The van der Waals surface area contributed by atoms with E-state index in [1.54, 1.807) is 6.54 Å². The fraction of sp³-hybridized carbons (Fsp3) is 0.833. The molecule has 108 valence electrons. The second-order valence-corrected chi connectivity index (χ2v) is 6.39. The summed E-state index contributed by atoms with van der Waals surface area (Å²) in [6, 6.07) is 0. The molecule has 6 heteroatoms. The Morgan fingerprint density at radius 3 is 2.67 bits per heavy atom. The standard InChI is InChI=1S/C12H26N2O3S/c1-14(2,3)7-4-6-13-12(17)5-8-18-10-11(16)9-15/h6,11,15-16H,4-5,7-10H2,1-3H3,(H,13,17). The van der Waals surface area contributed by atoms with Crippen LogP contribution < -0.4 is 5.32 Å². The molecule has 0 saturated carbocycles. The summed E-state index contributed by atoms with van der Waals surface area (Å²) in [4.78, 5) is 11.4. The minimum atomic E-state index is -0.686. The number of quaternary nitrogens is 1. The fourth-order valence-electron chi connectivity index (χ4n) is 1.15. The van der Waals surface area contributed by atoms with Crippen LogP contribution in [-0.2, 0) is 4.79 Å². The predicted molar refractivity (Wildman–Crippen MR) is 75.0 cm³/mol. The number of hydrogen-bond donors (Lipinski definition) is 3. The highest BCUT2D eigenvalue weighted by molar-refractivity contribution is 7.99. The zero-order valence-electron chi connectivity index (χ0n) is 11.6. The fourth-order valence-corrected chi connectivity index (χ4v) is 2.02. The molecule has 0 spiro atoms. The van der Waals surface area contributed by atoms with E-state index in [1.165, 1.54) is 11.8 Å². The van der Waals surface area contributed by atoms with Crippen molar-refractivity contribution in [3.05, 3.63) is 6.54 Å². The highest BCUT2D eigenvalue weighted by Gasteiger charge is 2.04. The van der Waals surface area contributed by atoms with Gasteiger partial charge < -0.3 is 20.0 Å². The molecule has 0 heterocycles. The van der Waals surface area contributed by atoms with Gasteiger partial charge in [0.25, 0.3) is 0 Å². The van der Waals surface area contributed by atoms with Crippen molar-refractivity contribution in [3.8, 4) is 0 Å². The minimum absolute atomic E-state index is 0.00222. The van der Waals surface area contributed by atoms with Crippen molar-refractivity contribution in [2.24, 2.45) is 0 Å². The molecule has 0 aliphatic carbocycles. The van der Waals surface area contributed by atoms with Crippen molar-refractivity contribution in [1.29, 1.82) is 0 Å². The van der Waals surface area contributed by atoms with Crippen LogP contribution in [0.15, 0.2) is 0 Å². The van der Waals surface area contributed by atoms with Crippen LogP contribution in [0.1, 0.15) is 12.8 Å². The van der Waals surface area contributed by atoms with Gasteiger partial charge in [-0.2, -0.15) is 11.8 Å². The van der Waals surface area contributed by atoms with Crippen LogP contribution in [0.25, 0.3) is 0 Å². The van der Waals surface area contributed by atoms with Gasteiger partial charge in [0.15, 0.2) is 5.91 Å². The normalized spacial score (nSPS) is 13.4. The molecule has 18 heavy (non-hydrogen) atoms. The second-order valence-electron chi connectivity index (χ2n) is 5.24. The Labute approximate surface area is 114 Å². The zero-order valence-corrected chi connectivity index (χ0v) is 12.4. The van der Waals surface area contributed by atoms with Gasteiger partial charge in [0.1, 0.15) is 0 Å². The van der Waals surface area contributed by atoms with Crippen molar-refractivity contribution < 1.29 is 19.5 Å². The number of nitrogens with one attached hydrogen (secondary N) is 1. The number of hydrogen-bond acceptors (Lipinski definition) is 4. The number of aliphatic hydroxyl groups is 2. The Hall–Kier alpha value is -0.300. The Bertz CT molecular complexity index is 232. The van der Waals surface area contributed by atoms with Gasteiger partial charge in [0.05, 0.1) is 40.4 Å². The van der Waals surface area contributed by atoms with Gasteiger partial charge in [-0.15, -0.1) is 6.42 Å². The van der Waals surface area contributed by atoms with E-state index in [9.17, 15) is 4.79 Å². The summed E-state index contributed by atoms with van der Waals surface area (Å²) in [6.07, 6.45) is 0.601. The van der Waals surface area contributed by atoms with Gasteiger partial charge in [-0.1, -0.05) is 0 Å². The first-order valence-electron chi connectivity index (χ1n) is 6.13. The number of aliphatic hydroxyl groups excluding tert-OH is 2. The zero-order chi connectivity index (χ0) is 14.0. The molecule has 1 amide bonds. The third-order valence-electron chi connectivity index (χ3n) is 2.20. The Kier molecular flexibility index (Phi) is 9.45. The largest absolute Gasteiger partial charge is 0.505 e. The van der Waals surface area contributed by atoms with Crippen LogP contribution in [0.3, 0.4) is 0 Å². The van der Waals surface area contributed by atoms with E-state index >= 15 is 0 Å². The lowest BCUT2D eigenvalue weighted by atomic mass is 10.3. The summed E-state index contributed by atoms with van der Waals surface area (Å²) in [5, 5.41) is 20.5. The lowest BCUT2D eigenvalue weighted by Gasteiger charge is -2.27. The number of amides is 1. The van der Waals surface area contributed by atoms with E-state index in [1.807, 2.05) is 0 Å². The molecule has 0 aromatic heterocycles. The average Bonchev–Trinajstić information content (AvgIpc) is 2.28. The molecular formula is C12H26N2O3S. The van der Waals surface area contributed by atoms with Crippen LogP contribution >= 0.6 is 11.8 Å². The predicted octanol–water partition coefficient (Wildman–Crippen LogP) is -0.163. The van der Waals surface area contributed by atoms with Crippen LogP contribution in [0.5, 0.6) is 0 Å². The number of nitrogens with zero attached hydrogens (tertiary/aromatic N) is 1. The van der Waals surface area contributed by atoms with Crippen LogP contribution in [0.2, 0.25) is 0 Å². The van der Waals surface area contributed by atoms with Gasteiger partial charge in [0.2, 0.25) is 0 Å². The van der Waals surface area contributed by atoms with Crippen molar-refractivity contribution in [2.45, 2.75) is 18.9 Å². The molecule has 0 radical (unpaired) electrons. The molecule has 0 aliphatic rings. The van der Waals surface area contributed by atoms with Gasteiger partial charge in [-0.25, -0.2) is 6.54 Å². The summed E-state index contributed by atoms with van der Waals surface area (Å²) >= 11 is 1.47. The maximum absolute atomic E-state index is 11.4. The first-order chi connectivity index (χ1) is 8.35. The molecule has 3 N–H and O–H groups in total. The Morgan fingerprint density at radius 2 is 2.11 bits per heavy atom. The number of rotatable bonds is 10. The van der Waals surface area contributed by atoms with Gasteiger partial charge in [-0.05, 0) is 0 Å². The topological polar surface area (TPSA) is 69.6 Å². The third-order valence-corrected chi connectivity index (χ3v) is 3.32. The number of carbonyl (C=O) groups excluding carboxylic acids is 1. The van der Waals surface area contributed by atoms with E-state index in [0.29, 0.717) is 17.9 Å². The first kappa shape index (κ1) is 17.7. The minimum Gasteiger partial charge on any atom is -0.505 e. The summed E-state index contributed by atoms with van der Waals surface area (Å²) in [5.74, 6) is 1.13. The SMILES string of the molecule is C[N+](C)(C)CC[CH-]NC(=O)CCSCC(O)CO. The summed E-state index contributed by atoms with van der Waals surface area (Å²) in [7, 11) is 6.33. The number of thioether (sulfide) groups is 1. The van der Waals surface area contributed by atoms with Crippen LogP contribution in [-0.4, -0.2) is 72.5 Å². The molecule has 0 bridgehead atoms. The van der Waals surface area contributed by atoms with E-state index in [-0.39, 0.29) is 12.5 Å². The van der Waals surface area contributed by atoms with Gasteiger partial charge in [0, 0.05) is 17.9 Å². The number of carbonyl (C=O) groups is 1. The summed E-state index contributed by atoms with van der Waals surface area (Å²) in [6.45, 7) is 2.56. The van der Waals surface area contributed by atoms with E-state index in [0.717, 1.165) is 17.4 Å². The first-order valence-corrected chi connectivity index (χ1v) is 7.29. The van der Waals surface area contributed by atoms with Gasteiger partial charge in [-0.3, -0.25) is 4.79 Å². The molecule has 1 unspecified atom stereocenters. The van der Waals surface area contributed by atoms with E-state index < -0.39 is 6.10 Å². The van der Waals surface area contributed by atoms with Crippen molar-refractivity contribution in [3.63, 3.8) is 0 Å². The molecule has 0 rings (SSSR count). The smallest absolute Gasteiger partial charge is 0.191 e. The molecular weight excluding hydrogens is 252 g/mol. The molecule has 0 aromatic rings. The van der Waals surface area contributed by atoms with Crippen LogP contribution in [0, 0.1) is 6.54 Å². The Balaban J connectivity index is 3.38. The molecule has 5 nitrogen and oxygen atoms in total. The van der Waals surface area contributed by atoms with Crippen molar-refractivity contribution in [2.75, 3.05) is 45.8 Å². The van der Waals surface area contributed by atoms with Crippen molar-refractivity contribution >= 4 is 17.7 Å². The highest BCUT2D eigenvalue weighted by atomic mass is 32.2. The quantitative estimate of drug-likeness (QED) is 0.295.